The first-order valence-electron chi connectivity index (χ1n) is 7.66. The van der Waals surface area contributed by atoms with Crippen LogP contribution in [0.5, 0.6) is 5.75 Å². The van der Waals surface area contributed by atoms with E-state index in [4.69, 9.17) is 4.74 Å². The average molecular weight is 277 g/mol. The first-order chi connectivity index (χ1) is 9.60. The van der Waals surface area contributed by atoms with Crippen molar-refractivity contribution in [3.8, 4) is 5.75 Å². The van der Waals surface area contributed by atoms with E-state index in [9.17, 15) is 4.39 Å². The van der Waals surface area contributed by atoms with Gasteiger partial charge in [0.15, 0.2) is 11.6 Å². The Balaban J connectivity index is 1.70. The maximum Gasteiger partial charge on any atom is 0.165 e. The predicted octanol–water partition coefficient (Wildman–Crippen LogP) is 3.55. The van der Waals surface area contributed by atoms with Crippen LogP contribution in [0.1, 0.15) is 38.2 Å². The van der Waals surface area contributed by atoms with Crippen LogP contribution in [-0.2, 0) is 6.42 Å². The normalized spacial score (nSPS) is 21.6. The molecular weight excluding hydrogens is 253 g/mol. The van der Waals surface area contributed by atoms with Crippen LogP contribution in [0.2, 0.25) is 0 Å². The standard InChI is InChI=1S/C17H24FNO/c1-17(13-4-5-13,11-19-14-6-7-14)10-12-3-8-16(20-2)15(18)9-12/h3,8-9,13-14,19H,4-7,10-11H2,1-2H3. The average Bonchev–Trinajstić information content (AvgIpc) is 3.30. The number of rotatable bonds is 7. The third kappa shape index (κ3) is 3.14. The van der Waals surface area contributed by atoms with Crippen LogP contribution in [0.4, 0.5) is 4.39 Å². The summed E-state index contributed by atoms with van der Waals surface area (Å²) in [6, 6.07) is 6.11. The van der Waals surface area contributed by atoms with Crippen molar-refractivity contribution in [3.63, 3.8) is 0 Å². The summed E-state index contributed by atoms with van der Waals surface area (Å²) in [5.41, 5.74) is 1.33. The number of halogens is 1. The van der Waals surface area contributed by atoms with Gasteiger partial charge in [-0.15, -0.1) is 0 Å². The molecule has 1 unspecified atom stereocenters. The van der Waals surface area contributed by atoms with Crippen molar-refractivity contribution in [1.82, 2.24) is 5.32 Å². The zero-order chi connectivity index (χ0) is 14.2. The van der Waals surface area contributed by atoms with Crippen LogP contribution in [-0.4, -0.2) is 19.7 Å². The zero-order valence-corrected chi connectivity index (χ0v) is 12.4. The summed E-state index contributed by atoms with van der Waals surface area (Å²) < 4.78 is 18.8. The second kappa shape index (κ2) is 5.36. The molecule has 0 aliphatic heterocycles. The second-order valence-corrected chi connectivity index (χ2v) is 6.73. The lowest BCUT2D eigenvalue weighted by Crippen LogP contribution is -2.36. The molecule has 110 valence electrons. The molecule has 3 rings (SSSR count). The first-order valence-corrected chi connectivity index (χ1v) is 7.66. The summed E-state index contributed by atoms with van der Waals surface area (Å²) in [6.45, 7) is 3.40. The third-order valence-electron chi connectivity index (χ3n) is 4.76. The van der Waals surface area contributed by atoms with Gasteiger partial charge in [-0.3, -0.25) is 0 Å². The summed E-state index contributed by atoms with van der Waals surface area (Å²) in [6.07, 6.45) is 6.22. The van der Waals surface area contributed by atoms with Gasteiger partial charge >= 0.3 is 0 Å². The van der Waals surface area contributed by atoms with Gasteiger partial charge in [-0.25, -0.2) is 4.39 Å². The molecule has 1 aromatic carbocycles. The highest BCUT2D eigenvalue weighted by Crippen LogP contribution is 2.47. The molecule has 0 heterocycles. The number of nitrogens with one attached hydrogen (secondary N) is 1. The quantitative estimate of drug-likeness (QED) is 0.823. The fourth-order valence-corrected chi connectivity index (χ4v) is 3.08. The van der Waals surface area contributed by atoms with E-state index in [2.05, 4.69) is 12.2 Å². The highest BCUT2D eigenvalue weighted by Gasteiger charge is 2.42. The van der Waals surface area contributed by atoms with E-state index >= 15 is 0 Å². The van der Waals surface area contributed by atoms with Crippen molar-refractivity contribution < 1.29 is 9.13 Å². The van der Waals surface area contributed by atoms with E-state index in [1.54, 1.807) is 12.1 Å². The third-order valence-corrected chi connectivity index (χ3v) is 4.76. The van der Waals surface area contributed by atoms with Crippen molar-refractivity contribution >= 4 is 0 Å². The lowest BCUT2D eigenvalue weighted by Gasteiger charge is -2.30. The highest BCUT2D eigenvalue weighted by molar-refractivity contribution is 5.30. The molecule has 1 atom stereocenters. The van der Waals surface area contributed by atoms with Crippen LogP contribution in [0.3, 0.4) is 0 Å². The van der Waals surface area contributed by atoms with Crippen molar-refractivity contribution in [1.29, 1.82) is 0 Å². The first kappa shape index (κ1) is 13.9. The molecule has 2 nitrogen and oxygen atoms in total. The fourth-order valence-electron chi connectivity index (χ4n) is 3.08. The molecular formula is C17H24FNO. The molecule has 0 aromatic heterocycles. The minimum atomic E-state index is -0.252. The molecule has 2 aliphatic carbocycles. The SMILES string of the molecule is COc1ccc(CC(C)(CNC2CC2)C2CC2)cc1F. The Bertz CT molecular complexity index is 482. The molecule has 2 fully saturated rings. The Labute approximate surface area is 120 Å². The molecule has 20 heavy (non-hydrogen) atoms. The van der Waals surface area contributed by atoms with Crippen molar-refractivity contribution in [3.05, 3.63) is 29.6 Å². The Morgan fingerprint density at radius 1 is 1.30 bits per heavy atom. The molecule has 0 amide bonds. The van der Waals surface area contributed by atoms with Crippen LogP contribution < -0.4 is 10.1 Å². The van der Waals surface area contributed by atoms with Gasteiger partial charge in [0.1, 0.15) is 0 Å². The molecule has 1 aromatic rings. The zero-order valence-electron chi connectivity index (χ0n) is 12.4. The van der Waals surface area contributed by atoms with Crippen LogP contribution in [0.25, 0.3) is 0 Å². The van der Waals surface area contributed by atoms with E-state index in [0.717, 1.165) is 30.5 Å². The summed E-state index contributed by atoms with van der Waals surface area (Å²) >= 11 is 0. The topological polar surface area (TPSA) is 21.3 Å². The number of benzene rings is 1. The molecule has 0 spiro atoms. The molecule has 0 saturated heterocycles. The van der Waals surface area contributed by atoms with Crippen LogP contribution in [0, 0.1) is 17.2 Å². The maximum atomic E-state index is 13.8. The van der Waals surface area contributed by atoms with Gasteiger partial charge in [0.05, 0.1) is 7.11 Å². The smallest absolute Gasteiger partial charge is 0.165 e. The minimum absolute atomic E-state index is 0.252. The maximum absolute atomic E-state index is 13.8. The van der Waals surface area contributed by atoms with Crippen LogP contribution in [0.15, 0.2) is 18.2 Å². The van der Waals surface area contributed by atoms with E-state index in [-0.39, 0.29) is 11.2 Å². The molecule has 0 radical (unpaired) electrons. The molecule has 3 heteroatoms. The van der Waals surface area contributed by atoms with Crippen LogP contribution >= 0.6 is 0 Å². The van der Waals surface area contributed by atoms with E-state index in [1.807, 2.05) is 6.07 Å². The van der Waals surface area contributed by atoms with Gasteiger partial charge in [0, 0.05) is 12.6 Å². The number of hydrogen-bond donors (Lipinski definition) is 1. The van der Waals surface area contributed by atoms with Gasteiger partial charge in [-0.05, 0) is 61.1 Å². The summed E-state index contributed by atoms with van der Waals surface area (Å²) in [5.74, 6) is 0.871. The lowest BCUT2D eigenvalue weighted by molar-refractivity contribution is 0.254. The highest BCUT2D eigenvalue weighted by atomic mass is 19.1. The summed E-state index contributed by atoms with van der Waals surface area (Å²) in [7, 11) is 1.51. The van der Waals surface area contributed by atoms with Crippen molar-refractivity contribution in [2.24, 2.45) is 11.3 Å². The van der Waals surface area contributed by atoms with Crippen molar-refractivity contribution in [2.45, 2.75) is 45.1 Å². The molecule has 2 aliphatic rings. The monoisotopic (exact) mass is 277 g/mol. The molecule has 1 N–H and O–H groups in total. The number of methoxy groups -OCH3 is 1. The minimum Gasteiger partial charge on any atom is -0.494 e. The van der Waals surface area contributed by atoms with E-state index < -0.39 is 0 Å². The van der Waals surface area contributed by atoms with Gasteiger partial charge in [0.25, 0.3) is 0 Å². The fraction of sp³-hybridized carbons (Fsp3) is 0.647. The number of ether oxygens (including phenoxy) is 1. The Hall–Kier alpha value is -1.09. The second-order valence-electron chi connectivity index (χ2n) is 6.73. The van der Waals surface area contributed by atoms with Gasteiger partial charge < -0.3 is 10.1 Å². The van der Waals surface area contributed by atoms with E-state index in [0.29, 0.717) is 5.75 Å². The Morgan fingerprint density at radius 3 is 2.60 bits per heavy atom. The Morgan fingerprint density at radius 2 is 2.05 bits per heavy atom. The Kier molecular flexibility index (Phi) is 3.72. The molecule has 0 bridgehead atoms. The van der Waals surface area contributed by atoms with Gasteiger partial charge in [-0.1, -0.05) is 13.0 Å². The lowest BCUT2D eigenvalue weighted by atomic mass is 9.78. The summed E-state index contributed by atoms with van der Waals surface area (Å²) in [5, 5.41) is 3.66. The number of hydrogen-bond acceptors (Lipinski definition) is 2. The molecule has 2 saturated carbocycles. The summed E-state index contributed by atoms with van der Waals surface area (Å²) in [4.78, 5) is 0. The van der Waals surface area contributed by atoms with Gasteiger partial charge in [0.2, 0.25) is 0 Å². The van der Waals surface area contributed by atoms with Gasteiger partial charge in [-0.2, -0.15) is 0 Å². The predicted molar refractivity (Wildman–Crippen MR) is 78.5 cm³/mol. The van der Waals surface area contributed by atoms with E-state index in [1.165, 1.54) is 32.8 Å². The van der Waals surface area contributed by atoms with Crippen molar-refractivity contribution in [2.75, 3.05) is 13.7 Å². The largest absolute Gasteiger partial charge is 0.494 e.